The summed E-state index contributed by atoms with van der Waals surface area (Å²) in [6.45, 7) is 1.82. The van der Waals surface area contributed by atoms with Crippen molar-refractivity contribution in [3.8, 4) is 0 Å². The number of aromatic nitrogens is 1. The molecule has 0 saturated carbocycles. The molecule has 1 fully saturated rings. The number of hydrogen-bond acceptors (Lipinski definition) is 4. The van der Waals surface area contributed by atoms with Crippen molar-refractivity contribution in [2.75, 3.05) is 23.3 Å². The summed E-state index contributed by atoms with van der Waals surface area (Å²) in [5, 5.41) is 9.47. The topological polar surface area (TPSA) is 57.3 Å². The van der Waals surface area contributed by atoms with Crippen LogP contribution in [0.5, 0.6) is 0 Å². The summed E-state index contributed by atoms with van der Waals surface area (Å²) < 4.78 is 0. The van der Waals surface area contributed by atoms with E-state index in [1.807, 2.05) is 23.7 Å². The minimum atomic E-state index is -0.185. The van der Waals surface area contributed by atoms with E-state index in [9.17, 15) is 4.79 Å². The second kappa shape index (κ2) is 6.98. The van der Waals surface area contributed by atoms with Crippen molar-refractivity contribution < 1.29 is 4.79 Å². The number of nitrogens with zero attached hydrogens (tertiary/aromatic N) is 2. The number of nitrogens with one attached hydrogen (secondary N) is 2. The number of carbonyl (C=O) groups excluding carboxylic acids is 1. The van der Waals surface area contributed by atoms with Crippen LogP contribution >= 0.6 is 22.9 Å². The number of anilines is 2. The van der Waals surface area contributed by atoms with Crippen LogP contribution in [0.15, 0.2) is 35.8 Å². The molecular weight excluding hydrogens is 320 g/mol. The van der Waals surface area contributed by atoms with Crippen molar-refractivity contribution in [1.29, 1.82) is 0 Å². The summed E-state index contributed by atoms with van der Waals surface area (Å²) in [5.74, 6) is 0. The first-order valence-electron chi connectivity index (χ1n) is 7.18. The Hall–Kier alpha value is -1.79. The number of rotatable bonds is 3. The quantitative estimate of drug-likeness (QED) is 0.900. The third-order valence-electron chi connectivity index (χ3n) is 3.60. The molecule has 0 unspecified atom stereocenters. The van der Waals surface area contributed by atoms with Gasteiger partial charge in [0.25, 0.3) is 0 Å². The van der Waals surface area contributed by atoms with Gasteiger partial charge in [-0.2, -0.15) is 0 Å². The van der Waals surface area contributed by atoms with Crippen LogP contribution in [0.2, 0.25) is 5.02 Å². The lowest BCUT2D eigenvalue weighted by Crippen LogP contribution is -2.46. The third kappa shape index (κ3) is 3.90. The van der Waals surface area contributed by atoms with E-state index < -0.39 is 0 Å². The van der Waals surface area contributed by atoms with Crippen LogP contribution in [0.1, 0.15) is 12.8 Å². The lowest BCUT2D eigenvalue weighted by molar-refractivity contribution is 0.246. The third-order valence-corrected chi connectivity index (χ3v) is 4.67. The zero-order chi connectivity index (χ0) is 15.4. The van der Waals surface area contributed by atoms with Gasteiger partial charge in [-0.1, -0.05) is 17.7 Å². The molecule has 1 saturated heterocycles. The Morgan fingerprint density at radius 3 is 2.86 bits per heavy atom. The first-order chi connectivity index (χ1) is 10.7. The molecule has 0 radical (unpaired) electrons. The molecule has 2 heterocycles. The largest absolute Gasteiger partial charge is 0.348 e. The summed E-state index contributed by atoms with van der Waals surface area (Å²) in [4.78, 5) is 18.6. The predicted molar refractivity (Wildman–Crippen MR) is 91.0 cm³/mol. The highest BCUT2D eigenvalue weighted by Gasteiger charge is 2.21. The Bertz CT molecular complexity index is 626. The highest BCUT2D eigenvalue weighted by Crippen LogP contribution is 2.22. The average Bonchev–Trinajstić information content (AvgIpc) is 3.02. The summed E-state index contributed by atoms with van der Waals surface area (Å²) in [6.07, 6.45) is 3.66. The van der Waals surface area contributed by atoms with Crippen molar-refractivity contribution in [3.05, 3.63) is 40.9 Å². The van der Waals surface area contributed by atoms with Gasteiger partial charge in [-0.3, -0.25) is 0 Å². The molecule has 0 atom stereocenters. The Labute approximate surface area is 138 Å². The van der Waals surface area contributed by atoms with Gasteiger partial charge in [-0.05, 0) is 31.0 Å². The second-order valence-electron chi connectivity index (χ2n) is 5.18. The number of halogens is 1. The highest BCUT2D eigenvalue weighted by atomic mass is 35.5. The van der Waals surface area contributed by atoms with Crippen molar-refractivity contribution >= 4 is 39.8 Å². The molecule has 2 amide bonds. The molecule has 2 N–H and O–H groups in total. The van der Waals surface area contributed by atoms with Gasteiger partial charge in [-0.25, -0.2) is 9.78 Å². The Morgan fingerprint density at radius 2 is 2.18 bits per heavy atom. The zero-order valence-electron chi connectivity index (χ0n) is 12.0. The van der Waals surface area contributed by atoms with E-state index in [1.165, 1.54) is 0 Å². The van der Waals surface area contributed by atoms with Crippen LogP contribution in [-0.2, 0) is 0 Å². The van der Waals surface area contributed by atoms with Gasteiger partial charge in [0.1, 0.15) is 0 Å². The molecule has 0 bridgehead atoms. The summed E-state index contributed by atoms with van der Waals surface area (Å²) in [6, 6.07) is 7.14. The smallest absolute Gasteiger partial charge is 0.319 e. The van der Waals surface area contributed by atoms with E-state index in [4.69, 9.17) is 11.6 Å². The molecule has 1 aromatic carbocycles. The Kier molecular flexibility index (Phi) is 4.80. The molecule has 22 heavy (non-hydrogen) atoms. The van der Waals surface area contributed by atoms with Crippen LogP contribution < -0.4 is 15.5 Å². The fraction of sp³-hybridized carbons (Fsp3) is 0.333. The van der Waals surface area contributed by atoms with Crippen molar-refractivity contribution in [2.24, 2.45) is 0 Å². The standard InChI is InChI=1S/C15H17ClN4OS/c16-11-2-1-3-13(10-11)19-14(21)18-12-4-7-20(8-5-12)15-17-6-9-22-15/h1-3,6,9-10,12H,4-5,7-8H2,(H2,18,19,21). The van der Waals surface area contributed by atoms with Crippen LogP contribution in [0.4, 0.5) is 15.6 Å². The van der Waals surface area contributed by atoms with E-state index >= 15 is 0 Å². The maximum Gasteiger partial charge on any atom is 0.319 e. The number of carbonyl (C=O) groups is 1. The van der Waals surface area contributed by atoms with Gasteiger partial charge < -0.3 is 15.5 Å². The summed E-state index contributed by atoms with van der Waals surface area (Å²) in [5.41, 5.74) is 0.699. The molecule has 0 spiro atoms. The molecule has 5 nitrogen and oxygen atoms in total. The number of amides is 2. The molecule has 1 aliphatic rings. The normalized spacial score (nSPS) is 15.6. The van der Waals surface area contributed by atoms with E-state index in [2.05, 4.69) is 20.5 Å². The second-order valence-corrected chi connectivity index (χ2v) is 6.49. The summed E-state index contributed by atoms with van der Waals surface area (Å²) in [7, 11) is 0. The maximum absolute atomic E-state index is 12.0. The number of hydrogen-bond donors (Lipinski definition) is 2. The molecule has 116 valence electrons. The van der Waals surface area contributed by atoms with Crippen LogP contribution in [0.25, 0.3) is 0 Å². The first-order valence-corrected chi connectivity index (χ1v) is 8.44. The molecule has 0 aliphatic carbocycles. The monoisotopic (exact) mass is 336 g/mol. The highest BCUT2D eigenvalue weighted by molar-refractivity contribution is 7.13. The Balaban J connectivity index is 1.47. The van der Waals surface area contributed by atoms with Gasteiger partial charge in [0.05, 0.1) is 0 Å². The summed E-state index contributed by atoms with van der Waals surface area (Å²) >= 11 is 7.55. The molecule has 2 aromatic rings. The zero-order valence-corrected chi connectivity index (χ0v) is 13.5. The van der Waals surface area contributed by atoms with Gasteiger partial charge in [0.2, 0.25) is 0 Å². The van der Waals surface area contributed by atoms with E-state index in [0.717, 1.165) is 31.1 Å². The van der Waals surface area contributed by atoms with E-state index in [-0.39, 0.29) is 12.1 Å². The number of urea groups is 1. The number of benzene rings is 1. The molecular formula is C15H17ClN4OS. The predicted octanol–water partition coefficient (Wildman–Crippen LogP) is 3.59. The van der Waals surface area contributed by atoms with Gasteiger partial charge >= 0.3 is 6.03 Å². The van der Waals surface area contributed by atoms with Gasteiger partial charge in [-0.15, -0.1) is 11.3 Å². The van der Waals surface area contributed by atoms with E-state index in [1.54, 1.807) is 23.5 Å². The lowest BCUT2D eigenvalue weighted by atomic mass is 10.1. The van der Waals surface area contributed by atoms with Crippen molar-refractivity contribution in [2.45, 2.75) is 18.9 Å². The molecule has 3 rings (SSSR count). The SMILES string of the molecule is O=C(Nc1cccc(Cl)c1)NC1CCN(c2nccs2)CC1. The van der Waals surface area contributed by atoms with Gasteiger partial charge in [0.15, 0.2) is 5.13 Å². The molecule has 7 heteroatoms. The number of piperidine rings is 1. The van der Waals surface area contributed by atoms with Crippen LogP contribution in [-0.4, -0.2) is 30.1 Å². The average molecular weight is 337 g/mol. The van der Waals surface area contributed by atoms with Crippen LogP contribution in [0.3, 0.4) is 0 Å². The minimum Gasteiger partial charge on any atom is -0.348 e. The Morgan fingerprint density at radius 1 is 1.36 bits per heavy atom. The van der Waals surface area contributed by atoms with Crippen LogP contribution in [0, 0.1) is 0 Å². The number of thiazole rings is 1. The van der Waals surface area contributed by atoms with E-state index in [0.29, 0.717) is 10.7 Å². The fourth-order valence-electron chi connectivity index (χ4n) is 2.51. The minimum absolute atomic E-state index is 0.185. The first kappa shape index (κ1) is 15.1. The van der Waals surface area contributed by atoms with Crippen molar-refractivity contribution in [3.63, 3.8) is 0 Å². The molecule has 1 aliphatic heterocycles. The lowest BCUT2D eigenvalue weighted by Gasteiger charge is -2.32. The molecule has 1 aromatic heterocycles. The van der Waals surface area contributed by atoms with Gasteiger partial charge in [0, 0.05) is 41.4 Å². The fourth-order valence-corrected chi connectivity index (χ4v) is 3.39. The maximum atomic E-state index is 12.0. The van der Waals surface area contributed by atoms with Crippen molar-refractivity contribution in [1.82, 2.24) is 10.3 Å².